The van der Waals surface area contributed by atoms with Gasteiger partial charge in [-0.3, -0.25) is 0 Å². The third kappa shape index (κ3) is 3.18. The molecule has 2 nitrogen and oxygen atoms in total. The topological polar surface area (TPSA) is 21.3 Å². The van der Waals surface area contributed by atoms with Crippen LogP contribution >= 0.6 is 0 Å². The van der Waals surface area contributed by atoms with E-state index >= 15 is 0 Å². The summed E-state index contributed by atoms with van der Waals surface area (Å²) in [6, 6.07) is 7.09. The van der Waals surface area contributed by atoms with Crippen LogP contribution in [0.3, 0.4) is 0 Å². The Balaban J connectivity index is 2.28. The van der Waals surface area contributed by atoms with Gasteiger partial charge in [0.2, 0.25) is 0 Å². The summed E-state index contributed by atoms with van der Waals surface area (Å²) in [5, 5.41) is 3.69. The van der Waals surface area contributed by atoms with Crippen LogP contribution in [-0.2, 0) is 4.74 Å². The van der Waals surface area contributed by atoms with Gasteiger partial charge in [0, 0.05) is 6.61 Å². The Morgan fingerprint density at radius 3 is 2.68 bits per heavy atom. The van der Waals surface area contributed by atoms with Gasteiger partial charge in [0.1, 0.15) is 0 Å². The summed E-state index contributed by atoms with van der Waals surface area (Å²) in [4.78, 5) is 0. The summed E-state index contributed by atoms with van der Waals surface area (Å²) in [7, 11) is 0. The molecule has 1 N–H and O–H groups in total. The van der Waals surface area contributed by atoms with Crippen molar-refractivity contribution in [2.45, 2.75) is 58.6 Å². The van der Waals surface area contributed by atoms with Crippen molar-refractivity contribution in [3.05, 3.63) is 34.9 Å². The second-order valence-corrected chi connectivity index (χ2v) is 6.00. The lowest BCUT2D eigenvalue weighted by atomic mass is 9.86. The van der Waals surface area contributed by atoms with Crippen LogP contribution in [-0.4, -0.2) is 18.8 Å². The molecule has 19 heavy (non-hydrogen) atoms. The summed E-state index contributed by atoms with van der Waals surface area (Å²) in [5.41, 5.74) is 4.02. The second-order valence-electron chi connectivity index (χ2n) is 6.00. The quantitative estimate of drug-likeness (QED) is 0.867. The van der Waals surface area contributed by atoms with Gasteiger partial charge in [-0.05, 0) is 63.3 Å². The zero-order chi connectivity index (χ0) is 13.9. The molecule has 1 fully saturated rings. The van der Waals surface area contributed by atoms with Crippen LogP contribution in [0.15, 0.2) is 18.2 Å². The van der Waals surface area contributed by atoms with E-state index in [0.29, 0.717) is 6.04 Å². The Kier molecular flexibility index (Phi) is 4.64. The first-order chi connectivity index (χ1) is 9.07. The molecule has 0 spiro atoms. The molecule has 0 radical (unpaired) electrons. The van der Waals surface area contributed by atoms with Gasteiger partial charge in [-0.1, -0.05) is 25.1 Å². The fourth-order valence-electron chi connectivity index (χ4n) is 2.95. The van der Waals surface area contributed by atoms with Crippen LogP contribution in [0.2, 0.25) is 0 Å². The number of nitrogens with one attached hydrogen (secondary N) is 1. The van der Waals surface area contributed by atoms with Crippen LogP contribution in [0.25, 0.3) is 0 Å². The van der Waals surface area contributed by atoms with Crippen molar-refractivity contribution >= 4 is 0 Å². The summed E-state index contributed by atoms with van der Waals surface area (Å²) < 4.78 is 6.06. The first-order valence-corrected chi connectivity index (χ1v) is 7.51. The Morgan fingerprint density at radius 2 is 2.11 bits per heavy atom. The highest BCUT2D eigenvalue weighted by molar-refractivity contribution is 5.33. The van der Waals surface area contributed by atoms with Gasteiger partial charge in [0.05, 0.1) is 11.6 Å². The molecule has 1 heterocycles. The van der Waals surface area contributed by atoms with Crippen LogP contribution in [0.5, 0.6) is 0 Å². The van der Waals surface area contributed by atoms with E-state index in [1.807, 2.05) is 0 Å². The standard InChI is InChI=1S/C17H27NO/c1-5-10-18-16(17(4)9-6-11-19-17)15-8-7-13(2)14(3)12-15/h7-8,12,16,18H,5-6,9-11H2,1-4H3. The number of hydrogen-bond acceptors (Lipinski definition) is 2. The highest BCUT2D eigenvalue weighted by Gasteiger charge is 2.38. The van der Waals surface area contributed by atoms with Crippen LogP contribution in [0, 0.1) is 13.8 Å². The molecular formula is C17H27NO. The molecule has 2 rings (SSSR count). The number of benzene rings is 1. The van der Waals surface area contributed by atoms with E-state index in [4.69, 9.17) is 4.74 Å². The van der Waals surface area contributed by atoms with Crippen molar-refractivity contribution in [2.75, 3.05) is 13.2 Å². The van der Waals surface area contributed by atoms with E-state index < -0.39 is 0 Å². The summed E-state index contributed by atoms with van der Waals surface area (Å²) in [6.07, 6.45) is 3.46. The van der Waals surface area contributed by atoms with E-state index in [1.165, 1.54) is 23.1 Å². The molecule has 0 saturated carbocycles. The lowest BCUT2D eigenvalue weighted by Crippen LogP contribution is -2.41. The van der Waals surface area contributed by atoms with Crippen molar-refractivity contribution in [1.82, 2.24) is 5.32 Å². The van der Waals surface area contributed by atoms with Crippen LogP contribution in [0.1, 0.15) is 55.8 Å². The normalized spacial score (nSPS) is 24.6. The molecule has 2 unspecified atom stereocenters. The molecule has 1 aliphatic rings. The smallest absolute Gasteiger partial charge is 0.0849 e. The number of rotatable bonds is 5. The molecule has 106 valence electrons. The molecule has 0 aromatic heterocycles. The minimum atomic E-state index is -0.0587. The zero-order valence-electron chi connectivity index (χ0n) is 12.8. The van der Waals surface area contributed by atoms with Crippen molar-refractivity contribution in [3.8, 4) is 0 Å². The van der Waals surface area contributed by atoms with Gasteiger partial charge >= 0.3 is 0 Å². The van der Waals surface area contributed by atoms with Crippen molar-refractivity contribution < 1.29 is 4.74 Å². The van der Waals surface area contributed by atoms with E-state index in [2.05, 4.69) is 51.2 Å². The Hall–Kier alpha value is -0.860. The Morgan fingerprint density at radius 1 is 1.32 bits per heavy atom. The SMILES string of the molecule is CCCNC(c1ccc(C)c(C)c1)C1(C)CCCO1. The Labute approximate surface area is 117 Å². The third-order valence-corrected chi connectivity index (χ3v) is 4.32. The summed E-state index contributed by atoms with van der Waals surface area (Å²) >= 11 is 0. The molecule has 1 aliphatic heterocycles. The van der Waals surface area contributed by atoms with E-state index in [9.17, 15) is 0 Å². The lowest BCUT2D eigenvalue weighted by molar-refractivity contribution is -0.0124. The monoisotopic (exact) mass is 261 g/mol. The number of hydrogen-bond donors (Lipinski definition) is 1. The van der Waals surface area contributed by atoms with Crippen molar-refractivity contribution in [3.63, 3.8) is 0 Å². The van der Waals surface area contributed by atoms with E-state index in [0.717, 1.165) is 26.0 Å². The molecule has 1 aromatic carbocycles. The molecular weight excluding hydrogens is 234 g/mol. The fourth-order valence-corrected chi connectivity index (χ4v) is 2.95. The molecule has 1 saturated heterocycles. The minimum absolute atomic E-state index is 0.0587. The van der Waals surface area contributed by atoms with Gasteiger partial charge < -0.3 is 10.1 Å². The van der Waals surface area contributed by atoms with Gasteiger partial charge in [-0.15, -0.1) is 0 Å². The predicted octanol–water partition coefficient (Wildman–Crippen LogP) is 3.91. The highest BCUT2D eigenvalue weighted by Crippen LogP contribution is 2.37. The zero-order valence-corrected chi connectivity index (χ0v) is 12.8. The lowest BCUT2D eigenvalue weighted by Gasteiger charge is -2.35. The number of ether oxygens (including phenoxy) is 1. The molecule has 0 amide bonds. The van der Waals surface area contributed by atoms with E-state index in [-0.39, 0.29) is 5.60 Å². The molecule has 0 bridgehead atoms. The van der Waals surface area contributed by atoms with Crippen molar-refractivity contribution in [1.29, 1.82) is 0 Å². The minimum Gasteiger partial charge on any atom is -0.373 e. The van der Waals surface area contributed by atoms with Crippen LogP contribution < -0.4 is 5.32 Å². The predicted molar refractivity (Wildman–Crippen MR) is 80.5 cm³/mol. The summed E-state index contributed by atoms with van der Waals surface area (Å²) in [5.74, 6) is 0. The maximum Gasteiger partial charge on any atom is 0.0849 e. The average molecular weight is 261 g/mol. The maximum atomic E-state index is 6.06. The highest BCUT2D eigenvalue weighted by atomic mass is 16.5. The molecule has 1 aromatic rings. The summed E-state index contributed by atoms with van der Waals surface area (Å²) in [6.45, 7) is 10.8. The molecule has 2 heteroatoms. The fraction of sp³-hybridized carbons (Fsp3) is 0.647. The number of aryl methyl sites for hydroxylation is 2. The average Bonchev–Trinajstić information content (AvgIpc) is 2.82. The van der Waals surface area contributed by atoms with Gasteiger partial charge in [-0.2, -0.15) is 0 Å². The van der Waals surface area contributed by atoms with Gasteiger partial charge in [0.25, 0.3) is 0 Å². The third-order valence-electron chi connectivity index (χ3n) is 4.32. The first kappa shape index (κ1) is 14.5. The van der Waals surface area contributed by atoms with E-state index in [1.54, 1.807) is 0 Å². The molecule has 0 aliphatic carbocycles. The van der Waals surface area contributed by atoms with Gasteiger partial charge in [0.15, 0.2) is 0 Å². The second kappa shape index (κ2) is 6.06. The molecule has 2 atom stereocenters. The largest absolute Gasteiger partial charge is 0.373 e. The van der Waals surface area contributed by atoms with Gasteiger partial charge in [-0.25, -0.2) is 0 Å². The first-order valence-electron chi connectivity index (χ1n) is 7.51. The maximum absolute atomic E-state index is 6.06. The Bertz CT molecular complexity index is 421. The van der Waals surface area contributed by atoms with Crippen LogP contribution in [0.4, 0.5) is 0 Å². The van der Waals surface area contributed by atoms with Crippen molar-refractivity contribution in [2.24, 2.45) is 0 Å².